The van der Waals surface area contributed by atoms with Gasteiger partial charge in [0.25, 0.3) is 5.91 Å². The van der Waals surface area contributed by atoms with Crippen LogP contribution in [0.5, 0.6) is 11.5 Å². The minimum atomic E-state index is -0.227. The van der Waals surface area contributed by atoms with Gasteiger partial charge in [0.05, 0.1) is 13.2 Å². The van der Waals surface area contributed by atoms with Crippen molar-refractivity contribution >= 4 is 23.2 Å². The Balaban J connectivity index is 1.55. The number of hydrogen-bond acceptors (Lipinski definition) is 5. The average Bonchev–Trinajstić information content (AvgIpc) is 3.40. The third kappa shape index (κ3) is 5.90. The van der Waals surface area contributed by atoms with Crippen LogP contribution < -0.4 is 9.47 Å². The van der Waals surface area contributed by atoms with Crippen LogP contribution in [0.2, 0.25) is 0 Å². The maximum atomic E-state index is 13.7. The first-order chi connectivity index (χ1) is 17.5. The van der Waals surface area contributed by atoms with Gasteiger partial charge in [-0.1, -0.05) is 50.6 Å². The molecule has 0 radical (unpaired) electrons. The van der Waals surface area contributed by atoms with Gasteiger partial charge in [0, 0.05) is 23.5 Å². The largest absolute Gasteiger partial charge is 0.493 e. The topological polar surface area (TPSA) is 59.1 Å². The van der Waals surface area contributed by atoms with Crippen LogP contribution in [0.15, 0.2) is 66.0 Å². The molecule has 4 rings (SSSR count). The summed E-state index contributed by atoms with van der Waals surface area (Å²) in [7, 11) is 1.62. The monoisotopic (exact) mass is 506 g/mol. The quantitative estimate of drug-likeness (QED) is 0.367. The van der Waals surface area contributed by atoms with Gasteiger partial charge >= 0.3 is 0 Å². The van der Waals surface area contributed by atoms with Crippen molar-refractivity contribution in [3.05, 3.63) is 82.0 Å². The van der Waals surface area contributed by atoms with Crippen LogP contribution in [0.25, 0.3) is 0 Å². The van der Waals surface area contributed by atoms with Crippen molar-refractivity contribution in [2.24, 2.45) is 5.92 Å². The average molecular weight is 507 g/mol. The highest BCUT2D eigenvalue weighted by Gasteiger charge is 2.34. The number of thiophene rings is 1. The van der Waals surface area contributed by atoms with Crippen LogP contribution in [0, 0.1) is 5.92 Å². The maximum Gasteiger partial charge on any atom is 0.254 e. The lowest BCUT2D eigenvalue weighted by atomic mass is 10.00. The number of hydrogen-bond donors (Lipinski definition) is 0. The number of methoxy groups -OCH3 is 1. The Morgan fingerprint density at radius 1 is 1.08 bits per heavy atom. The third-order valence-corrected chi connectivity index (χ3v) is 7.74. The summed E-state index contributed by atoms with van der Waals surface area (Å²) >= 11 is 1.72. The van der Waals surface area contributed by atoms with Crippen molar-refractivity contribution < 1.29 is 19.1 Å². The number of amides is 2. The molecule has 0 saturated heterocycles. The van der Waals surface area contributed by atoms with E-state index in [1.165, 1.54) is 4.88 Å². The summed E-state index contributed by atoms with van der Waals surface area (Å²) < 4.78 is 11.6. The van der Waals surface area contributed by atoms with Gasteiger partial charge in [-0.2, -0.15) is 0 Å². The van der Waals surface area contributed by atoms with E-state index in [1.807, 2.05) is 47.4 Å². The molecule has 2 atom stereocenters. The highest BCUT2D eigenvalue weighted by molar-refractivity contribution is 7.10. The van der Waals surface area contributed by atoms with Crippen LogP contribution in [0.1, 0.15) is 47.1 Å². The van der Waals surface area contributed by atoms with Crippen LogP contribution in [-0.2, 0) is 11.2 Å². The maximum absolute atomic E-state index is 13.7. The molecule has 2 heterocycles. The molecule has 0 bridgehead atoms. The molecule has 190 valence electrons. The molecular formula is C29H34N2O4S. The Bertz CT molecular complexity index is 1160. The number of fused-ring (bicyclic) bond motifs is 1. The third-order valence-electron chi connectivity index (χ3n) is 6.74. The molecule has 0 N–H and O–H groups in total. The summed E-state index contributed by atoms with van der Waals surface area (Å²) in [5.74, 6) is 1.42. The first kappa shape index (κ1) is 25.8. The van der Waals surface area contributed by atoms with E-state index in [9.17, 15) is 9.59 Å². The Hall–Kier alpha value is -3.32. The fraction of sp³-hybridized carbons (Fsp3) is 0.379. The molecule has 0 aliphatic carbocycles. The van der Waals surface area contributed by atoms with E-state index in [0.717, 1.165) is 18.4 Å². The van der Waals surface area contributed by atoms with Crippen molar-refractivity contribution in [2.75, 3.05) is 33.4 Å². The summed E-state index contributed by atoms with van der Waals surface area (Å²) in [5, 5.41) is 2.07. The van der Waals surface area contributed by atoms with E-state index >= 15 is 0 Å². The van der Waals surface area contributed by atoms with Crippen molar-refractivity contribution in [2.45, 2.75) is 32.7 Å². The number of carbonyl (C=O) groups is 2. The first-order valence-electron chi connectivity index (χ1n) is 12.5. The number of nitrogens with zero attached hydrogens (tertiary/aromatic N) is 2. The fourth-order valence-electron chi connectivity index (χ4n) is 4.52. The molecule has 7 heteroatoms. The summed E-state index contributed by atoms with van der Waals surface area (Å²) in [6, 6.07) is 18.6. The minimum Gasteiger partial charge on any atom is -0.493 e. The summed E-state index contributed by atoms with van der Waals surface area (Å²) in [6.45, 7) is 5.71. The van der Waals surface area contributed by atoms with Gasteiger partial charge in [-0.3, -0.25) is 9.59 Å². The first-order valence-corrected chi connectivity index (χ1v) is 13.4. The van der Waals surface area contributed by atoms with Crippen molar-refractivity contribution in [3.8, 4) is 11.5 Å². The van der Waals surface area contributed by atoms with E-state index in [0.29, 0.717) is 42.7 Å². The number of benzene rings is 2. The number of para-hydroxylation sites is 2. The van der Waals surface area contributed by atoms with Crippen LogP contribution >= 0.6 is 11.3 Å². The van der Waals surface area contributed by atoms with Crippen molar-refractivity contribution in [1.82, 2.24) is 9.80 Å². The molecule has 2 amide bonds. The smallest absolute Gasteiger partial charge is 0.254 e. The molecule has 1 aromatic heterocycles. The lowest BCUT2D eigenvalue weighted by molar-refractivity contribution is -0.135. The van der Waals surface area contributed by atoms with Crippen LogP contribution in [0.3, 0.4) is 0 Å². The predicted molar refractivity (Wildman–Crippen MR) is 143 cm³/mol. The Morgan fingerprint density at radius 3 is 2.53 bits per heavy atom. The van der Waals surface area contributed by atoms with Gasteiger partial charge in [0.1, 0.15) is 13.2 Å². The zero-order valence-electron chi connectivity index (χ0n) is 21.2. The van der Waals surface area contributed by atoms with E-state index < -0.39 is 0 Å². The number of carbonyl (C=O) groups excluding carboxylic acids is 2. The van der Waals surface area contributed by atoms with Gasteiger partial charge in [0.15, 0.2) is 11.5 Å². The van der Waals surface area contributed by atoms with Gasteiger partial charge in [-0.05, 0) is 53.6 Å². The molecule has 0 fully saturated rings. The Morgan fingerprint density at radius 2 is 1.81 bits per heavy atom. The van der Waals surface area contributed by atoms with E-state index in [4.69, 9.17) is 9.47 Å². The summed E-state index contributed by atoms with van der Waals surface area (Å²) in [6.07, 6.45) is 1.74. The van der Waals surface area contributed by atoms with Crippen LogP contribution in [0.4, 0.5) is 0 Å². The molecule has 6 nitrogen and oxygen atoms in total. The zero-order valence-corrected chi connectivity index (χ0v) is 22.0. The fourth-order valence-corrected chi connectivity index (χ4v) is 5.45. The van der Waals surface area contributed by atoms with Crippen molar-refractivity contribution in [3.63, 3.8) is 0 Å². The highest BCUT2D eigenvalue weighted by atomic mass is 32.1. The standard InChI is InChI=1S/C29H34N2O4S/c1-4-21(2)18-30(29(33)22-10-6-5-7-11-22)19-28(32)31-16-14-27-23(15-17-36-27)24(31)20-35-26-13-9-8-12-25(26)34-3/h5-13,15,17,21,24H,4,14,16,18-20H2,1-3H3. The van der Waals surface area contributed by atoms with Crippen molar-refractivity contribution in [1.29, 1.82) is 0 Å². The second-order valence-electron chi connectivity index (χ2n) is 9.18. The molecule has 36 heavy (non-hydrogen) atoms. The SMILES string of the molecule is CCC(C)CN(CC(=O)N1CCc2sccc2C1COc1ccccc1OC)C(=O)c1ccccc1. The predicted octanol–water partition coefficient (Wildman–Crippen LogP) is 5.45. The van der Waals surface area contributed by atoms with E-state index in [-0.39, 0.29) is 24.4 Å². The Kier molecular flexibility index (Phi) is 8.65. The molecule has 1 aliphatic rings. The molecule has 2 unspecified atom stereocenters. The molecule has 2 aromatic carbocycles. The summed E-state index contributed by atoms with van der Waals surface area (Å²) in [4.78, 5) is 32.0. The highest BCUT2D eigenvalue weighted by Crippen LogP contribution is 2.35. The van der Waals surface area contributed by atoms with E-state index in [2.05, 4.69) is 25.3 Å². The van der Waals surface area contributed by atoms with E-state index in [1.54, 1.807) is 35.5 Å². The molecular weight excluding hydrogens is 472 g/mol. The van der Waals surface area contributed by atoms with Gasteiger partial charge in [0.2, 0.25) is 5.91 Å². The second-order valence-corrected chi connectivity index (χ2v) is 10.2. The lowest BCUT2D eigenvalue weighted by Gasteiger charge is -2.37. The zero-order chi connectivity index (χ0) is 25.5. The molecule has 3 aromatic rings. The van der Waals surface area contributed by atoms with Gasteiger partial charge in [-0.15, -0.1) is 11.3 Å². The van der Waals surface area contributed by atoms with Gasteiger partial charge in [-0.25, -0.2) is 0 Å². The normalized spacial score (nSPS) is 15.6. The van der Waals surface area contributed by atoms with Crippen LogP contribution in [-0.4, -0.2) is 55.0 Å². The second kappa shape index (κ2) is 12.1. The molecule has 1 aliphatic heterocycles. The minimum absolute atomic E-state index is 0.0443. The number of ether oxygens (including phenoxy) is 2. The lowest BCUT2D eigenvalue weighted by Crippen LogP contribution is -2.48. The number of rotatable bonds is 10. The molecule has 0 saturated carbocycles. The summed E-state index contributed by atoms with van der Waals surface area (Å²) in [5.41, 5.74) is 1.72. The van der Waals surface area contributed by atoms with Gasteiger partial charge < -0.3 is 19.3 Å². The molecule has 0 spiro atoms. The Labute approximate surface area is 217 Å².